The number of ether oxygens (including phenoxy) is 1. The molecule has 1 aromatic carbocycles. The molecule has 1 heterocycles. The van der Waals surface area contributed by atoms with E-state index in [1.807, 2.05) is 24.3 Å². The highest BCUT2D eigenvalue weighted by atomic mass is 16.5. The maximum Gasteiger partial charge on any atom is 0.225 e. The molecule has 0 radical (unpaired) electrons. The van der Waals surface area contributed by atoms with Crippen molar-refractivity contribution in [3.05, 3.63) is 24.3 Å². The molecule has 21 heavy (non-hydrogen) atoms. The van der Waals surface area contributed by atoms with Gasteiger partial charge in [-0.05, 0) is 30.8 Å². The molecule has 1 saturated heterocycles. The van der Waals surface area contributed by atoms with Crippen LogP contribution >= 0.6 is 0 Å². The highest BCUT2D eigenvalue weighted by Crippen LogP contribution is 2.15. The summed E-state index contributed by atoms with van der Waals surface area (Å²) in [6.07, 6.45) is 0.540. The van der Waals surface area contributed by atoms with Crippen molar-refractivity contribution in [1.82, 2.24) is 9.80 Å². The number of benzene rings is 1. The Morgan fingerprint density at radius 3 is 2.33 bits per heavy atom. The molecule has 0 unspecified atom stereocenters. The summed E-state index contributed by atoms with van der Waals surface area (Å²) in [4.78, 5) is 16.7. The third-order valence-electron chi connectivity index (χ3n) is 3.94. The monoisotopic (exact) mass is 291 g/mol. The number of hydrogen-bond acceptors (Lipinski definition) is 4. The van der Waals surface area contributed by atoms with Crippen LogP contribution < -0.4 is 10.1 Å². The van der Waals surface area contributed by atoms with Crippen molar-refractivity contribution in [1.29, 1.82) is 0 Å². The number of hydrogen-bond donors (Lipinski definition) is 1. The highest BCUT2D eigenvalue weighted by molar-refractivity contribution is 5.90. The molecular weight excluding hydrogens is 266 g/mol. The molecule has 1 N–H and O–H groups in total. The Kier molecular flexibility index (Phi) is 6.02. The van der Waals surface area contributed by atoms with Gasteiger partial charge in [-0.15, -0.1) is 0 Å². The topological polar surface area (TPSA) is 44.8 Å². The van der Waals surface area contributed by atoms with Crippen molar-refractivity contribution >= 4 is 11.6 Å². The molecule has 1 aromatic rings. The minimum absolute atomic E-state index is 0.0677. The van der Waals surface area contributed by atoms with Crippen molar-refractivity contribution in [2.45, 2.75) is 13.3 Å². The first kappa shape index (κ1) is 15.8. The van der Waals surface area contributed by atoms with Crippen LogP contribution in [0.15, 0.2) is 24.3 Å². The second-order valence-corrected chi connectivity index (χ2v) is 5.30. The third-order valence-corrected chi connectivity index (χ3v) is 3.94. The van der Waals surface area contributed by atoms with E-state index < -0.39 is 0 Å². The summed E-state index contributed by atoms with van der Waals surface area (Å²) in [6.45, 7) is 8.48. The molecule has 0 spiro atoms. The average Bonchev–Trinajstić information content (AvgIpc) is 2.54. The molecule has 1 aliphatic rings. The fourth-order valence-electron chi connectivity index (χ4n) is 2.49. The smallest absolute Gasteiger partial charge is 0.225 e. The lowest BCUT2D eigenvalue weighted by Crippen LogP contribution is -2.46. The second kappa shape index (κ2) is 8.00. The number of methoxy groups -OCH3 is 1. The summed E-state index contributed by atoms with van der Waals surface area (Å²) in [7, 11) is 1.63. The third kappa shape index (κ3) is 5.02. The van der Waals surface area contributed by atoms with Crippen LogP contribution in [0.25, 0.3) is 0 Å². The quantitative estimate of drug-likeness (QED) is 0.866. The van der Waals surface area contributed by atoms with E-state index in [2.05, 4.69) is 22.0 Å². The largest absolute Gasteiger partial charge is 0.497 e. The zero-order valence-electron chi connectivity index (χ0n) is 13.0. The Labute approximate surface area is 126 Å². The van der Waals surface area contributed by atoms with E-state index in [4.69, 9.17) is 4.74 Å². The first-order valence-electron chi connectivity index (χ1n) is 7.60. The number of nitrogens with one attached hydrogen (secondary N) is 1. The summed E-state index contributed by atoms with van der Waals surface area (Å²) >= 11 is 0. The predicted molar refractivity (Wildman–Crippen MR) is 84.8 cm³/mol. The molecule has 0 saturated carbocycles. The number of anilines is 1. The van der Waals surface area contributed by atoms with E-state index in [0.29, 0.717) is 6.42 Å². The summed E-state index contributed by atoms with van der Waals surface area (Å²) in [5, 5.41) is 2.92. The number of carbonyl (C=O) groups is 1. The number of nitrogens with zero attached hydrogens (tertiary/aromatic N) is 2. The first-order chi connectivity index (χ1) is 10.2. The van der Waals surface area contributed by atoms with Crippen LogP contribution in [0.3, 0.4) is 0 Å². The van der Waals surface area contributed by atoms with Crippen molar-refractivity contribution in [2.24, 2.45) is 0 Å². The van der Waals surface area contributed by atoms with E-state index in [9.17, 15) is 4.79 Å². The van der Waals surface area contributed by atoms with Gasteiger partial charge in [0.15, 0.2) is 0 Å². The highest BCUT2D eigenvalue weighted by Gasteiger charge is 2.16. The lowest BCUT2D eigenvalue weighted by molar-refractivity contribution is -0.116. The van der Waals surface area contributed by atoms with Crippen LogP contribution in [-0.2, 0) is 4.79 Å². The summed E-state index contributed by atoms with van der Waals surface area (Å²) in [5.74, 6) is 0.861. The Morgan fingerprint density at radius 1 is 1.14 bits per heavy atom. The fraction of sp³-hybridized carbons (Fsp3) is 0.562. The molecule has 1 amide bonds. The van der Waals surface area contributed by atoms with Gasteiger partial charge in [0, 0.05) is 44.8 Å². The number of amides is 1. The molecule has 5 heteroatoms. The summed E-state index contributed by atoms with van der Waals surface area (Å²) in [6, 6.07) is 7.41. The lowest BCUT2D eigenvalue weighted by Gasteiger charge is -2.33. The molecule has 0 aliphatic carbocycles. The molecule has 1 fully saturated rings. The molecule has 0 aromatic heterocycles. The van der Waals surface area contributed by atoms with Crippen molar-refractivity contribution in [3.8, 4) is 5.75 Å². The van der Waals surface area contributed by atoms with E-state index >= 15 is 0 Å². The molecule has 0 atom stereocenters. The fourth-order valence-corrected chi connectivity index (χ4v) is 2.49. The predicted octanol–water partition coefficient (Wildman–Crippen LogP) is 1.66. The Hall–Kier alpha value is -1.59. The van der Waals surface area contributed by atoms with Crippen LogP contribution in [0.5, 0.6) is 5.75 Å². The van der Waals surface area contributed by atoms with Crippen molar-refractivity contribution in [2.75, 3.05) is 51.7 Å². The van der Waals surface area contributed by atoms with Crippen LogP contribution in [0.4, 0.5) is 5.69 Å². The maximum absolute atomic E-state index is 12.0. The summed E-state index contributed by atoms with van der Waals surface area (Å²) in [5.41, 5.74) is 0.816. The van der Waals surface area contributed by atoms with Gasteiger partial charge < -0.3 is 19.9 Å². The zero-order valence-corrected chi connectivity index (χ0v) is 13.0. The normalized spacial score (nSPS) is 16.7. The van der Waals surface area contributed by atoms with Crippen LogP contribution in [0, 0.1) is 0 Å². The Morgan fingerprint density at radius 2 is 1.76 bits per heavy atom. The molecule has 0 bridgehead atoms. The van der Waals surface area contributed by atoms with E-state index in [-0.39, 0.29) is 5.91 Å². The minimum Gasteiger partial charge on any atom is -0.497 e. The van der Waals surface area contributed by atoms with Gasteiger partial charge in [-0.1, -0.05) is 6.92 Å². The van der Waals surface area contributed by atoms with Gasteiger partial charge in [0.25, 0.3) is 0 Å². The Bertz CT molecular complexity index is 439. The maximum atomic E-state index is 12.0. The van der Waals surface area contributed by atoms with Crippen molar-refractivity contribution < 1.29 is 9.53 Å². The van der Waals surface area contributed by atoms with E-state index in [1.165, 1.54) is 0 Å². The minimum atomic E-state index is 0.0677. The molecule has 5 nitrogen and oxygen atoms in total. The zero-order chi connectivity index (χ0) is 15.1. The Balaban J connectivity index is 1.69. The molecule has 2 rings (SSSR count). The lowest BCUT2D eigenvalue weighted by atomic mass is 10.2. The van der Waals surface area contributed by atoms with Gasteiger partial charge in [0.05, 0.1) is 7.11 Å². The van der Waals surface area contributed by atoms with Gasteiger partial charge in [0.2, 0.25) is 5.91 Å². The van der Waals surface area contributed by atoms with E-state index in [0.717, 1.165) is 50.7 Å². The second-order valence-electron chi connectivity index (χ2n) is 5.30. The molecule has 1 aliphatic heterocycles. The van der Waals surface area contributed by atoms with Crippen molar-refractivity contribution in [3.63, 3.8) is 0 Å². The van der Waals surface area contributed by atoms with Gasteiger partial charge in [-0.3, -0.25) is 4.79 Å². The van der Waals surface area contributed by atoms with Gasteiger partial charge >= 0.3 is 0 Å². The number of rotatable bonds is 6. The molecular formula is C16H25N3O2. The summed E-state index contributed by atoms with van der Waals surface area (Å²) < 4.78 is 5.10. The number of piperazine rings is 1. The van der Waals surface area contributed by atoms with E-state index in [1.54, 1.807) is 7.11 Å². The number of carbonyl (C=O) groups excluding carboxylic acids is 1. The van der Waals surface area contributed by atoms with Crippen LogP contribution in [-0.4, -0.2) is 62.1 Å². The standard InChI is InChI=1S/C16H25N3O2/c1-3-18-10-12-19(13-11-18)9-8-16(20)17-14-4-6-15(21-2)7-5-14/h4-7H,3,8-13H2,1-2H3,(H,17,20). The number of likely N-dealkylation sites (N-methyl/N-ethyl adjacent to an activating group) is 1. The van der Waals surface area contributed by atoms with Gasteiger partial charge in [-0.25, -0.2) is 0 Å². The first-order valence-corrected chi connectivity index (χ1v) is 7.60. The van der Waals surface area contributed by atoms with Gasteiger partial charge in [-0.2, -0.15) is 0 Å². The van der Waals surface area contributed by atoms with Crippen LogP contribution in [0.1, 0.15) is 13.3 Å². The van der Waals surface area contributed by atoms with Gasteiger partial charge in [0.1, 0.15) is 5.75 Å². The average molecular weight is 291 g/mol. The van der Waals surface area contributed by atoms with Crippen LogP contribution in [0.2, 0.25) is 0 Å². The SMILES string of the molecule is CCN1CCN(CCC(=O)Nc2ccc(OC)cc2)CC1. The molecule has 116 valence electrons.